The van der Waals surface area contributed by atoms with Gasteiger partial charge in [0.15, 0.2) is 0 Å². The van der Waals surface area contributed by atoms with Crippen molar-refractivity contribution in [2.75, 3.05) is 0 Å². The fourth-order valence-electron chi connectivity index (χ4n) is 2.23. The van der Waals surface area contributed by atoms with Gasteiger partial charge < -0.3 is 9.88 Å². The number of rotatable bonds is 0. The largest absolute Gasteiger partial charge is 0.357 e. The molecule has 0 spiro atoms. The van der Waals surface area contributed by atoms with Crippen molar-refractivity contribution in [3.63, 3.8) is 0 Å². The quantitative estimate of drug-likeness (QED) is 0.694. The molecule has 2 aromatic rings. The van der Waals surface area contributed by atoms with Gasteiger partial charge >= 0.3 is 0 Å². The Bertz CT molecular complexity index is 542. The lowest BCUT2D eigenvalue weighted by molar-refractivity contribution is -0.129. The smallest absolute Gasteiger partial charge is 0.220 e. The van der Waals surface area contributed by atoms with Crippen LogP contribution in [0.15, 0.2) is 24.3 Å². The molecule has 0 saturated carbocycles. The molecule has 1 amide bonds. The number of aromatic nitrogens is 1. The van der Waals surface area contributed by atoms with Gasteiger partial charge in [-0.05, 0) is 6.07 Å². The van der Waals surface area contributed by atoms with Gasteiger partial charge in [-0.2, -0.15) is 0 Å². The van der Waals surface area contributed by atoms with Crippen LogP contribution in [-0.2, 0) is 17.9 Å². The maximum Gasteiger partial charge on any atom is 0.220 e. The van der Waals surface area contributed by atoms with E-state index in [2.05, 4.69) is 17.1 Å². The van der Waals surface area contributed by atoms with E-state index in [-0.39, 0.29) is 5.91 Å². The first-order valence-electron chi connectivity index (χ1n) is 5.09. The second-order valence-corrected chi connectivity index (χ2v) is 4.00. The van der Waals surface area contributed by atoms with Gasteiger partial charge in [-0.3, -0.25) is 4.79 Å². The number of amides is 1. The van der Waals surface area contributed by atoms with Gasteiger partial charge in [-0.15, -0.1) is 0 Å². The molecule has 15 heavy (non-hydrogen) atoms. The third-order valence-corrected chi connectivity index (χ3v) is 3.05. The number of carbonyl (C=O) groups is 1. The Kier molecular flexibility index (Phi) is 1.63. The lowest BCUT2D eigenvalue weighted by atomic mass is 10.1. The average molecular weight is 200 g/mol. The highest BCUT2D eigenvalue weighted by Gasteiger charge is 2.24. The third-order valence-electron chi connectivity index (χ3n) is 3.05. The lowest BCUT2D eigenvalue weighted by Gasteiger charge is -2.12. The van der Waals surface area contributed by atoms with Gasteiger partial charge in [0.2, 0.25) is 5.91 Å². The molecular weight excluding hydrogens is 188 g/mol. The zero-order valence-corrected chi connectivity index (χ0v) is 8.58. The minimum atomic E-state index is 0.142. The molecule has 3 rings (SSSR count). The molecule has 1 aromatic carbocycles. The second-order valence-electron chi connectivity index (χ2n) is 4.00. The van der Waals surface area contributed by atoms with E-state index in [1.54, 1.807) is 6.92 Å². The summed E-state index contributed by atoms with van der Waals surface area (Å²) in [6.07, 6.45) is 0. The SMILES string of the molecule is CC(=O)N1Cc2[nH]c3ccccc3c2C1. The van der Waals surface area contributed by atoms with Gasteiger partial charge in [0.25, 0.3) is 0 Å². The molecular formula is C12H12N2O. The molecule has 0 fully saturated rings. The Hall–Kier alpha value is -1.77. The van der Waals surface area contributed by atoms with E-state index in [1.807, 2.05) is 17.0 Å². The van der Waals surface area contributed by atoms with Crippen molar-refractivity contribution in [1.29, 1.82) is 0 Å². The van der Waals surface area contributed by atoms with Crippen LogP contribution in [0.4, 0.5) is 0 Å². The summed E-state index contributed by atoms with van der Waals surface area (Å²) in [6, 6.07) is 8.24. The van der Waals surface area contributed by atoms with Crippen molar-refractivity contribution in [3.8, 4) is 0 Å². The van der Waals surface area contributed by atoms with Crippen LogP contribution in [-0.4, -0.2) is 15.8 Å². The molecule has 1 aromatic heterocycles. The maximum absolute atomic E-state index is 11.3. The minimum absolute atomic E-state index is 0.142. The lowest BCUT2D eigenvalue weighted by Crippen LogP contribution is -2.22. The topological polar surface area (TPSA) is 36.1 Å². The number of benzene rings is 1. The van der Waals surface area contributed by atoms with E-state index < -0.39 is 0 Å². The standard InChI is InChI=1S/C12H12N2O/c1-8(15)14-6-10-9-4-2-3-5-11(9)13-12(10)7-14/h2-5,13H,6-7H2,1H3. The van der Waals surface area contributed by atoms with Crippen molar-refractivity contribution in [3.05, 3.63) is 35.5 Å². The van der Waals surface area contributed by atoms with Crippen molar-refractivity contribution >= 4 is 16.8 Å². The zero-order chi connectivity index (χ0) is 10.4. The predicted molar refractivity (Wildman–Crippen MR) is 58.2 cm³/mol. The van der Waals surface area contributed by atoms with Crippen LogP contribution in [0.1, 0.15) is 18.2 Å². The number of nitrogens with one attached hydrogen (secondary N) is 1. The number of aromatic amines is 1. The highest BCUT2D eigenvalue weighted by Crippen LogP contribution is 2.29. The fourth-order valence-corrected chi connectivity index (χ4v) is 2.23. The first-order chi connectivity index (χ1) is 7.25. The van der Waals surface area contributed by atoms with Crippen molar-refractivity contribution in [2.45, 2.75) is 20.0 Å². The molecule has 76 valence electrons. The number of hydrogen-bond donors (Lipinski definition) is 1. The average Bonchev–Trinajstić information content (AvgIpc) is 2.73. The summed E-state index contributed by atoms with van der Waals surface area (Å²) < 4.78 is 0. The number of carbonyl (C=O) groups excluding carboxylic acids is 1. The molecule has 3 nitrogen and oxygen atoms in total. The summed E-state index contributed by atoms with van der Waals surface area (Å²) in [7, 11) is 0. The summed E-state index contributed by atoms with van der Waals surface area (Å²) in [6.45, 7) is 3.09. The van der Waals surface area contributed by atoms with E-state index in [4.69, 9.17) is 0 Å². The number of fused-ring (bicyclic) bond motifs is 3. The van der Waals surface area contributed by atoms with E-state index >= 15 is 0 Å². The first-order valence-corrected chi connectivity index (χ1v) is 5.09. The number of nitrogens with zero attached hydrogens (tertiary/aromatic N) is 1. The summed E-state index contributed by atoms with van der Waals surface area (Å²) in [5, 5.41) is 1.25. The normalized spacial score (nSPS) is 14.6. The molecule has 1 aliphatic heterocycles. The molecule has 1 N–H and O–H groups in total. The second kappa shape index (κ2) is 2.86. The van der Waals surface area contributed by atoms with Gasteiger partial charge in [0.05, 0.1) is 6.54 Å². The van der Waals surface area contributed by atoms with Crippen LogP contribution in [0.2, 0.25) is 0 Å². The number of H-pyrrole nitrogens is 1. The Labute approximate surface area is 87.7 Å². The molecule has 3 heteroatoms. The minimum Gasteiger partial charge on any atom is -0.357 e. The summed E-state index contributed by atoms with van der Waals surface area (Å²) in [5.41, 5.74) is 3.64. The zero-order valence-electron chi connectivity index (χ0n) is 8.58. The first kappa shape index (κ1) is 8.53. The highest BCUT2D eigenvalue weighted by atomic mass is 16.2. The van der Waals surface area contributed by atoms with E-state index in [1.165, 1.54) is 22.2 Å². The van der Waals surface area contributed by atoms with Gasteiger partial charge in [-0.1, -0.05) is 18.2 Å². The summed E-state index contributed by atoms with van der Waals surface area (Å²) in [4.78, 5) is 16.5. The highest BCUT2D eigenvalue weighted by molar-refractivity contribution is 5.86. The maximum atomic E-state index is 11.3. The Morgan fingerprint density at radius 1 is 1.33 bits per heavy atom. The Morgan fingerprint density at radius 3 is 2.93 bits per heavy atom. The Morgan fingerprint density at radius 2 is 2.13 bits per heavy atom. The molecule has 2 heterocycles. The van der Waals surface area contributed by atoms with Crippen molar-refractivity contribution in [2.24, 2.45) is 0 Å². The van der Waals surface area contributed by atoms with Crippen LogP contribution < -0.4 is 0 Å². The van der Waals surface area contributed by atoms with Crippen LogP contribution in [0.5, 0.6) is 0 Å². The monoisotopic (exact) mass is 200 g/mol. The molecule has 0 radical (unpaired) electrons. The molecule has 0 unspecified atom stereocenters. The van der Waals surface area contributed by atoms with Gasteiger partial charge in [-0.25, -0.2) is 0 Å². The molecule has 0 saturated heterocycles. The van der Waals surface area contributed by atoms with E-state index in [0.717, 1.165) is 13.1 Å². The van der Waals surface area contributed by atoms with Gasteiger partial charge in [0, 0.05) is 35.6 Å². The summed E-state index contributed by atoms with van der Waals surface area (Å²) in [5.74, 6) is 0.142. The van der Waals surface area contributed by atoms with Crippen LogP contribution in [0, 0.1) is 0 Å². The van der Waals surface area contributed by atoms with E-state index in [9.17, 15) is 4.79 Å². The molecule has 0 aliphatic carbocycles. The van der Waals surface area contributed by atoms with Crippen molar-refractivity contribution in [1.82, 2.24) is 9.88 Å². The van der Waals surface area contributed by atoms with Crippen LogP contribution in [0.25, 0.3) is 10.9 Å². The van der Waals surface area contributed by atoms with Gasteiger partial charge in [0.1, 0.15) is 0 Å². The third kappa shape index (κ3) is 1.16. The van der Waals surface area contributed by atoms with Crippen molar-refractivity contribution < 1.29 is 4.79 Å². The molecule has 0 bridgehead atoms. The number of hydrogen-bond acceptors (Lipinski definition) is 1. The number of para-hydroxylation sites is 1. The fraction of sp³-hybridized carbons (Fsp3) is 0.250. The molecule has 0 atom stereocenters. The molecule has 1 aliphatic rings. The predicted octanol–water partition coefficient (Wildman–Crippen LogP) is 2.03. The van der Waals surface area contributed by atoms with Crippen LogP contribution >= 0.6 is 0 Å². The Balaban J connectivity index is 2.12. The summed E-state index contributed by atoms with van der Waals surface area (Å²) >= 11 is 0. The van der Waals surface area contributed by atoms with Crippen LogP contribution in [0.3, 0.4) is 0 Å². The van der Waals surface area contributed by atoms with E-state index in [0.29, 0.717) is 0 Å².